The van der Waals surface area contributed by atoms with Crippen LogP contribution in [0.15, 0.2) is 10.6 Å². The highest BCUT2D eigenvalue weighted by Gasteiger charge is 2.25. The lowest BCUT2D eigenvalue weighted by Gasteiger charge is -2.24. The third kappa shape index (κ3) is 3.06. The predicted octanol–water partition coefficient (Wildman–Crippen LogP) is 0.679. The molecule has 84 valence electrons. The normalized spacial score (nSPS) is 11.5. The maximum absolute atomic E-state index is 11.7. The van der Waals surface area contributed by atoms with E-state index in [1.54, 1.807) is 27.0 Å². The first-order valence-corrected chi connectivity index (χ1v) is 4.77. The van der Waals surface area contributed by atoms with Crippen LogP contribution in [-0.2, 0) is 11.3 Å². The van der Waals surface area contributed by atoms with Crippen molar-refractivity contribution in [3.63, 3.8) is 0 Å². The van der Waals surface area contributed by atoms with Crippen molar-refractivity contribution < 1.29 is 9.32 Å². The number of likely N-dealkylation sites (N-methyl/N-ethyl adjacent to an activating group) is 1. The lowest BCUT2D eigenvalue weighted by molar-refractivity contribution is -0.135. The predicted molar refractivity (Wildman–Crippen MR) is 56.0 cm³/mol. The number of hydrogen-bond donors (Lipinski definition) is 1. The highest BCUT2D eigenvalue weighted by atomic mass is 16.5. The fourth-order valence-corrected chi connectivity index (χ4v) is 1.30. The minimum Gasteiger partial charge on any atom is -0.361 e. The Morgan fingerprint density at radius 2 is 2.27 bits per heavy atom. The number of nitrogens with zero attached hydrogens (tertiary/aromatic N) is 2. The topological polar surface area (TPSA) is 72.4 Å². The van der Waals surface area contributed by atoms with Crippen molar-refractivity contribution in [2.45, 2.75) is 32.9 Å². The molecule has 5 nitrogen and oxygen atoms in total. The minimum atomic E-state index is -0.854. The Morgan fingerprint density at radius 1 is 1.67 bits per heavy atom. The molecule has 0 aromatic carbocycles. The zero-order valence-electron chi connectivity index (χ0n) is 9.57. The summed E-state index contributed by atoms with van der Waals surface area (Å²) < 4.78 is 4.91. The van der Waals surface area contributed by atoms with Gasteiger partial charge in [0.05, 0.1) is 12.1 Å². The van der Waals surface area contributed by atoms with E-state index in [-0.39, 0.29) is 5.91 Å². The molecule has 0 radical (unpaired) electrons. The van der Waals surface area contributed by atoms with Crippen LogP contribution in [0.3, 0.4) is 0 Å². The SMILES string of the molecule is Cc1cc(CN(C)C(=O)C(C)(C)N)no1. The number of amides is 1. The van der Waals surface area contributed by atoms with Gasteiger partial charge in [-0.25, -0.2) is 0 Å². The monoisotopic (exact) mass is 211 g/mol. The lowest BCUT2D eigenvalue weighted by atomic mass is 10.1. The maximum atomic E-state index is 11.7. The second kappa shape index (κ2) is 4.02. The van der Waals surface area contributed by atoms with E-state index < -0.39 is 5.54 Å². The molecule has 1 amide bonds. The number of carbonyl (C=O) groups excluding carboxylic acids is 1. The first kappa shape index (κ1) is 11.7. The average Bonchev–Trinajstić information content (AvgIpc) is 2.48. The van der Waals surface area contributed by atoms with E-state index in [1.165, 1.54) is 4.90 Å². The lowest BCUT2D eigenvalue weighted by Crippen LogP contribution is -2.49. The highest BCUT2D eigenvalue weighted by Crippen LogP contribution is 2.08. The van der Waals surface area contributed by atoms with Crippen LogP contribution in [-0.4, -0.2) is 28.6 Å². The summed E-state index contributed by atoms with van der Waals surface area (Å²) in [5, 5.41) is 3.81. The van der Waals surface area contributed by atoms with Crippen molar-refractivity contribution >= 4 is 5.91 Å². The standard InChI is InChI=1S/C10H17N3O2/c1-7-5-8(12-15-7)6-13(4)9(14)10(2,3)11/h5H,6,11H2,1-4H3. The van der Waals surface area contributed by atoms with E-state index in [0.29, 0.717) is 6.54 Å². The van der Waals surface area contributed by atoms with Crippen LogP contribution < -0.4 is 5.73 Å². The molecule has 0 spiro atoms. The van der Waals surface area contributed by atoms with Gasteiger partial charge in [-0.2, -0.15) is 0 Å². The molecule has 5 heteroatoms. The molecule has 0 aliphatic rings. The van der Waals surface area contributed by atoms with Crippen LogP contribution >= 0.6 is 0 Å². The molecule has 1 rings (SSSR count). The average molecular weight is 211 g/mol. The molecule has 0 aliphatic heterocycles. The summed E-state index contributed by atoms with van der Waals surface area (Å²) >= 11 is 0. The quantitative estimate of drug-likeness (QED) is 0.798. The molecule has 0 saturated carbocycles. The zero-order chi connectivity index (χ0) is 11.6. The maximum Gasteiger partial charge on any atom is 0.242 e. The summed E-state index contributed by atoms with van der Waals surface area (Å²) in [6.45, 7) is 5.59. The summed E-state index contributed by atoms with van der Waals surface area (Å²) in [5.74, 6) is 0.612. The van der Waals surface area contributed by atoms with Gasteiger partial charge in [-0.3, -0.25) is 4.79 Å². The van der Waals surface area contributed by atoms with Crippen molar-refractivity contribution in [1.82, 2.24) is 10.1 Å². The summed E-state index contributed by atoms with van der Waals surface area (Å²) in [5.41, 5.74) is 5.58. The minimum absolute atomic E-state index is 0.122. The van der Waals surface area contributed by atoms with E-state index in [9.17, 15) is 4.79 Å². The van der Waals surface area contributed by atoms with Crippen LogP contribution in [0, 0.1) is 6.92 Å². The Balaban J connectivity index is 2.64. The second-order valence-corrected chi connectivity index (χ2v) is 4.31. The summed E-state index contributed by atoms with van der Waals surface area (Å²) in [6, 6.07) is 1.80. The number of aromatic nitrogens is 1. The molecule has 15 heavy (non-hydrogen) atoms. The fraction of sp³-hybridized carbons (Fsp3) is 0.600. The Kier molecular flexibility index (Phi) is 3.14. The first-order chi connectivity index (χ1) is 6.80. The molecular formula is C10H17N3O2. The largest absolute Gasteiger partial charge is 0.361 e. The van der Waals surface area contributed by atoms with Gasteiger partial charge < -0.3 is 15.2 Å². The van der Waals surface area contributed by atoms with Gasteiger partial charge in [0, 0.05) is 13.1 Å². The molecule has 0 atom stereocenters. The molecular weight excluding hydrogens is 194 g/mol. The number of hydrogen-bond acceptors (Lipinski definition) is 4. The van der Waals surface area contributed by atoms with E-state index in [0.717, 1.165) is 11.5 Å². The van der Waals surface area contributed by atoms with Gasteiger partial charge in [-0.05, 0) is 20.8 Å². The van der Waals surface area contributed by atoms with Gasteiger partial charge in [-0.1, -0.05) is 5.16 Å². The zero-order valence-corrected chi connectivity index (χ0v) is 9.57. The van der Waals surface area contributed by atoms with Gasteiger partial charge in [-0.15, -0.1) is 0 Å². The molecule has 1 heterocycles. The number of nitrogens with two attached hydrogens (primary N) is 1. The smallest absolute Gasteiger partial charge is 0.242 e. The molecule has 0 saturated heterocycles. The molecule has 0 fully saturated rings. The summed E-state index contributed by atoms with van der Waals surface area (Å²) in [4.78, 5) is 13.3. The van der Waals surface area contributed by atoms with E-state index in [4.69, 9.17) is 10.3 Å². The van der Waals surface area contributed by atoms with Gasteiger partial charge in [0.1, 0.15) is 11.5 Å². The Bertz CT molecular complexity index is 352. The van der Waals surface area contributed by atoms with Crippen molar-refractivity contribution in [3.8, 4) is 0 Å². The molecule has 0 aliphatic carbocycles. The van der Waals surface area contributed by atoms with Crippen molar-refractivity contribution in [3.05, 3.63) is 17.5 Å². The van der Waals surface area contributed by atoms with Gasteiger partial charge in [0.25, 0.3) is 0 Å². The van der Waals surface area contributed by atoms with Crippen molar-refractivity contribution in [2.24, 2.45) is 5.73 Å². The third-order valence-electron chi connectivity index (χ3n) is 1.97. The molecule has 0 unspecified atom stereocenters. The number of rotatable bonds is 3. The highest BCUT2D eigenvalue weighted by molar-refractivity contribution is 5.84. The van der Waals surface area contributed by atoms with Crippen LogP contribution in [0.1, 0.15) is 25.3 Å². The van der Waals surface area contributed by atoms with E-state index in [2.05, 4.69) is 5.16 Å². The van der Waals surface area contributed by atoms with E-state index >= 15 is 0 Å². The van der Waals surface area contributed by atoms with E-state index in [1.807, 2.05) is 6.92 Å². The Hall–Kier alpha value is -1.36. The Labute approximate surface area is 89.2 Å². The fourth-order valence-electron chi connectivity index (χ4n) is 1.30. The number of carbonyl (C=O) groups is 1. The van der Waals surface area contributed by atoms with Gasteiger partial charge in [0.15, 0.2) is 0 Å². The van der Waals surface area contributed by atoms with Crippen molar-refractivity contribution in [1.29, 1.82) is 0 Å². The second-order valence-electron chi connectivity index (χ2n) is 4.31. The third-order valence-corrected chi connectivity index (χ3v) is 1.97. The van der Waals surface area contributed by atoms with Crippen molar-refractivity contribution in [2.75, 3.05) is 7.05 Å². The molecule has 2 N–H and O–H groups in total. The van der Waals surface area contributed by atoms with Gasteiger partial charge >= 0.3 is 0 Å². The molecule has 1 aromatic heterocycles. The summed E-state index contributed by atoms with van der Waals surface area (Å²) in [7, 11) is 1.70. The number of aryl methyl sites for hydroxylation is 1. The van der Waals surface area contributed by atoms with Crippen LogP contribution in [0.25, 0.3) is 0 Å². The van der Waals surface area contributed by atoms with Gasteiger partial charge in [0.2, 0.25) is 5.91 Å². The molecule has 0 bridgehead atoms. The molecule has 1 aromatic rings. The van der Waals surface area contributed by atoms with Crippen LogP contribution in [0.5, 0.6) is 0 Å². The van der Waals surface area contributed by atoms with Crippen LogP contribution in [0.4, 0.5) is 0 Å². The Morgan fingerprint density at radius 3 is 2.67 bits per heavy atom. The summed E-state index contributed by atoms with van der Waals surface area (Å²) in [6.07, 6.45) is 0. The van der Waals surface area contributed by atoms with Crippen LogP contribution in [0.2, 0.25) is 0 Å². The first-order valence-electron chi connectivity index (χ1n) is 4.77.